The molecule has 0 aliphatic heterocycles. The number of hydrogen-bond donors (Lipinski definition) is 0. The number of para-hydroxylation sites is 3. The summed E-state index contributed by atoms with van der Waals surface area (Å²) >= 11 is 1.67. The fraction of sp³-hybridized carbons (Fsp3) is 0.0154. The van der Waals surface area contributed by atoms with Crippen LogP contribution in [0.5, 0.6) is 0 Å². The van der Waals surface area contributed by atoms with Crippen molar-refractivity contribution in [3.63, 3.8) is 0 Å². The lowest BCUT2D eigenvalue weighted by Gasteiger charge is -2.35. The lowest BCUT2D eigenvalue weighted by molar-refractivity contribution is 0.771. The molecular formula is C65H44N2S. The monoisotopic (exact) mass is 891 g/mol. The van der Waals surface area contributed by atoms with Crippen LogP contribution in [0.2, 0.25) is 0 Å². The maximum Gasteiger partial charge on any atom is 0.0714 e. The number of thiophene rings is 1. The van der Waals surface area contributed by atoms with Gasteiger partial charge in [-0.2, -0.15) is 0 Å². The van der Waals surface area contributed by atoms with Gasteiger partial charge >= 0.3 is 0 Å². The van der Waals surface area contributed by atoms with E-state index in [-0.39, 0.29) is 34.5 Å². The third kappa shape index (κ3) is 6.54. The van der Waals surface area contributed by atoms with Gasteiger partial charge in [0.05, 0.1) is 15.0 Å². The van der Waals surface area contributed by atoms with E-state index in [1.54, 1.807) is 11.3 Å². The fourth-order valence-electron chi connectivity index (χ4n) is 10.3. The SMILES string of the molecule is [2H]c1c([2H])c([2H])c2c([2H])c(C3(c4ccc5c(c4)sc4ccccc45)c4ccc(N(c5ccccc5)c5ccccc5)cc4-c4cc(N(c5ccccc5)c5ccc(-c6ccccc6)cc5)ccc43)c([2H])c([2H])c2c1[2H]. The Kier molecular flexibility index (Phi) is 7.98. The number of rotatable bonds is 9. The van der Waals surface area contributed by atoms with Crippen LogP contribution in [0.3, 0.4) is 0 Å². The van der Waals surface area contributed by atoms with Gasteiger partial charge in [0.1, 0.15) is 0 Å². The maximum atomic E-state index is 10.3. The van der Waals surface area contributed by atoms with E-state index in [0.29, 0.717) is 0 Å². The van der Waals surface area contributed by atoms with Crippen molar-refractivity contribution >= 4 is 76.4 Å². The van der Waals surface area contributed by atoms with Gasteiger partial charge in [-0.05, 0) is 146 Å². The molecular weight excluding hydrogens is 841 g/mol. The number of anilines is 6. The Morgan fingerprint density at radius 2 is 0.838 bits per heavy atom. The van der Waals surface area contributed by atoms with Crippen LogP contribution in [-0.2, 0) is 5.41 Å². The fourth-order valence-corrected chi connectivity index (χ4v) is 11.4. The third-order valence-corrected chi connectivity index (χ3v) is 14.5. The highest BCUT2D eigenvalue weighted by atomic mass is 32.1. The highest BCUT2D eigenvalue weighted by molar-refractivity contribution is 7.25. The van der Waals surface area contributed by atoms with Crippen molar-refractivity contribution in [2.45, 2.75) is 5.41 Å². The second kappa shape index (κ2) is 16.4. The Hall–Kier alpha value is -8.50. The first-order valence-electron chi connectivity index (χ1n) is 26.3. The van der Waals surface area contributed by atoms with E-state index in [1.165, 1.54) is 0 Å². The van der Waals surface area contributed by atoms with Crippen LogP contribution in [-0.4, -0.2) is 0 Å². The average molecular weight is 892 g/mol. The molecule has 68 heavy (non-hydrogen) atoms. The zero-order valence-corrected chi connectivity index (χ0v) is 37.5. The minimum absolute atomic E-state index is 0.0870. The number of fused-ring (bicyclic) bond motifs is 7. The summed E-state index contributed by atoms with van der Waals surface area (Å²) in [5.74, 6) is 0. The first-order valence-corrected chi connectivity index (χ1v) is 23.6. The molecule has 0 saturated carbocycles. The lowest BCUT2D eigenvalue weighted by Crippen LogP contribution is -2.28. The van der Waals surface area contributed by atoms with Crippen molar-refractivity contribution in [1.82, 2.24) is 0 Å². The molecule has 320 valence electrons. The van der Waals surface area contributed by atoms with Crippen LogP contribution in [0.25, 0.3) is 53.2 Å². The molecule has 11 aromatic carbocycles. The topological polar surface area (TPSA) is 6.48 Å². The summed E-state index contributed by atoms with van der Waals surface area (Å²) in [5, 5.41) is 1.97. The number of benzene rings is 11. The van der Waals surface area contributed by atoms with Gasteiger partial charge in [-0.3, -0.25) is 0 Å². The van der Waals surface area contributed by atoms with Gasteiger partial charge in [0, 0.05) is 54.3 Å². The zero-order chi connectivity index (χ0) is 51.1. The lowest BCUT2D eigenvalue weighted by atomic mass is 9.67. The van der Waals surface area contributed by atoms with E-state index in [2.05, 4.69) is 149 Å². The van der Waals surface area contributed by atoms with Gasteiger partial charge in [-0.15, -0.1) is 11.3 Å². The maximum absolute atomic E-state index is 10.3. The van der Waals surface area contributed by atoms with Gasteiger partial charge in [0.2, 0.25) is 0 Å². The van der Waals surface area contributed by atoms with Crippen molar-refractivity contribution in [2.24, 2.45) is 0 Å². The molecule has 0 saturated heterocycles. The Balaban J connectivity index is 1.15. The second-order valence-corrected chi connectivity index (χ2v) is 18.2. The molecule has 1 unspecified atom stereocenters. The highest BCUT2D eigenvalue weighted by Crippen LogP contribution is 2.59. The highest BCUT2D eigenvalue weighted by Gasteiger charge is 2.47. The number of nitrogens with zero attached hydrogens (tertiary/aromatic N) is 2. The summed E-state index contributed by atoms with van der Waals surface area (Å²) < 4.78 is 68.1. The molecule has 0 spiro atoms. The Bertz CT molecular complexity index is 4170. The molecule has 1 aliphatic rings. The van der Waals surface area contributed by atoms with E-state index in [0.717, 1.165) is 93.2 Å². The smallest absolute Gasteiger partial charge is 0.0714 e. The van der Waals surface area contributed by atoms with Crippen LogP contribution >= 0.6 is 11.3 Å². The van der Waals surface area contributed by atoms with E-state index < -0.39 is 29.6 Å². The molecule has 1 aliphatic carbocycles. The van der Waals surface area contributed by atoms with Crippen molar-refractivity contribution in [3.05, 3.63) is 289 Å². The van der Waals surface area contributed by atoms with Crippen molar-refractivity contribution < 1.29 is 9.60 Å². The molecule has 1 heterocycles. The Labute approximate surface area is 410 Å². The van der Waals surface area contributed by atoms with Crippen molar-refractivity contribution in [1.29, 1.82) is 0 Å². The largest absolute Gasteiger partial charge is 0.310 e. The molecule has 12 aromatic rings. The molecule has 13 rings (SSSR count). The summed E-state index contributed by atoms with van der Waals surface area (Å²) in [4.78, 5) is 4.46. The van der Waals surface area contributed by atoms with E-state index in [4.69, 9.17) is 4.11 Å². The minimum atomic E-state index is -1.44. The third-order valence-electron chi connectivity index (χ3n) is 13.3. The Morgan fingerprint density at radius 3 is 1.44 bits per heavy atom. The van der Waals surface area contributed by atoms with Crippen LogP contribution in [0, 0.1) is 0 Å². The second-order valence-electron chi connectivity index (χ2n) is 17.1. The molecule has 0 bridgehead atoms. The summed E-state index contributed by atoms with van der Waals surface area (Å²) in [6, 6.07) is 74.4. The molecule has 0 amide bonds. The van der Waals surface area contributed by atoms with Crippen molar-refractivity contribution in [2.75, 3.05) is 9.80 Å². The summed E-state index contributed by atoms with van der Waals surface area (Å²) in [6.07, 6.45) is 0. The molecule has 0 radical (unpaired) electrons. The molecule has 1 atom stereocenters. The van der Waals surface area contributed by atoms with Crippen LogP contribution in [0.4, 0.5) is 34.1 Å². The van der Waals surface area contributed by atoms with Gasteiger partial charge < -0.3 is 9.80 Å². The minimum Gasteiger partial charge on any atom is -0.310 e. The standard InChI is InChI=1S/C65H44N2S/c1-5-17-45(18-6-1)47-30-34-54(35-31-47)67(53-25-11-4-12-26-53)56-37-40-62-60(44-56)59-43-55(66(51-21-7-2-8-22-51)52-23-9-3-10-24-52)36-39-61(59)65(62,49-32-29-46-19-13-14-20-48(46)41-49)50-33-38-58-57-27-15-16-28-63(57)68-64(58)42-50/h1-44H/i13D,14D,19D,20D,29D,32D,41D. The van der Waals surface area contributed by atoms with Crippen molar-refractivity contribution in [3.8, 4) is 22.3 Å². The predicted molar refractivity (Wildman–Crippen MR) is 289 cm³/mol. The zero-order valence-electron chi connectivity index (χ0n) is 43.7. The molecule has 0 N–H and O–H groups in total. The predicted octanol–water partition coefficient (Wildman–Crippen LogP) is 18.2. The Morgan fingerprint density at radius 1 is 0.353 bits per heavy atom. The average Bonchev–Trinajstić information content (AvgIpc) is 4.09. The van der Waals surface area contributed by atoms with Gasteiger partial charge in [0.15, 0.2) is 0 Å². The van der Waals surface area contributed by atoms with Gasteiger partial charge in [-0.25, -0.2) is 0 Å². The first kappa shape index (κ1) is 33.0. The number of hydrogen-bond acceptors (Lipinski definition) is 3. The van der Waals surface area contributed by atoms with Gasteiger partial charge in [0.25, 0.3) is 0 Å². The quantitative estimate of drug-likeness (QED) is 0.142. The molecule has 2 nitrogen and oxygen atoms in total. The van der Waals surface area contributed by atoms with Crippen LogP contribution in [0.15, 0.2) is 267 Å². The molecule has 3 heteroatoms. The summed E-state index contributed by atoms with van der Waals surface area (Å²) in [6.45, 7) is 0. The van der Waals surface area contributed by atoms with E-state index in [9.17, 15) is 5.48 Å². The normalized spacial score (nSPS) is 15.4. The van der Waals surface area contributed by atoms with E-state index >= 15 is 0 Å². The first-order chi connectivity index (χ1) is 36.6. The van der Waals surface area contributed by atoms with Crippen LogP contribution in [0.1, 0.15) is 31.8 Å². The summed E-state index contributed by atoms with van der Waals surface area (Å²) in [5.41, 5.74) is 10.5. The molecule has 1 aromatic heterocycles. The molecule has 0 fully saturated rings. The summed E-state index contributed by atoms with van der Waals surface area (Å²) in [7, 11) is 0. The van der Waals surface area contributed by atoms with E-state index in [1.807, 2.05) is 84.9 Å². The van der Waals surface area contributed by atoms with Gasteiger partial charge in [-0.1, -0.05) is 176 Å². The van der Waals surface area contributed by atoms with Crippen LogP contribution < -0.4 is 9.80 Å².